The molecule has 1 aromatic rings. The van der Waals surface area contributed by atoms with Crippen LogP contribution in [-0.4, -0.2) is 48.6 Å². The highest BCUT2D eigenvalue weighted by Gasteiger charge is 2.28. The van der Waals surface area contributed by atoms with E-state index in [0.717, 1.165) is 30.1 Å². The fourth-order valence-electron chi connectivity index (χ4n) is 2.28. The second-order valence-electron chi connectivity index (χ2n) is 6.37. The van der Waals surface area contributed by atoms with Crippen molar-refractivity contribution in [3.05, 3.63) is 16.1 Å². The van der Waals surface area contributed by atoms with Crippen LogP contribution in [0.4, 0.5) is 0 Å². The molecule has 0 radical (unpaired) electrons. The normalized spacial score (nSPS) is 17.1. The molecule has 22 heavy (non-hydrogen) atoms. The molecule has 124 valence electrons. The van der Waals surface area contributed by atoms with Gasteiger partial charge in [0.1, 0.15) is 5.01 Å². The van der Waals surface area contributed by atoms with Crippen molar-refractivity contribution >= 4 is 17.3 Å². The van der Waals surface area contributed by atoms with Crippen molar-refractivity contribution in [2.24, 2.45) is 4.99 Å². The summed E-state index contributed by atoms with van der Waals surface area (Å²) in [5.74, 6) is 1.33. The highest BCUT2D eigenvalue weighted by Crippen LogP contribution is 2.26. The zero-order valence-corrected chi connectivity index (χ0v) is 15.2. The van der Waals surface area contributed by atoms with Crippen LogP contribution >= 0.6 is 11.3 Å². The van der Waals surface area contributed by atoms with Gasteiger partial charge in [-0.2, -0.15) is 0 Å². The van der Waals surface area contributed by atoms with Crippen LogP contribution in [0.15, 0.2) is 10.4 Å². The Kier molecular flexibility index (Phi) is 6.20. The summed E-state index contributed by atoms with van der Waals surface area (Å²) in [6, 6.07) is 1.30. The SMILES string of the molecule is CN=C(NCc1nc(C(C)C)cs1)NCC(C)N(C)C1CC1. The number of likely N-dealkylation sites (N-methyl/N-ethyl adjacent to an activating group) is 1. The van der Waals surface area contributed by atoms with Crippen LogP contribution in [0, 0.1) is 0 Å². The Morgan fingerprint density at radius 1 is 1.41 bits per heavy atom. The Balaban J connectivity index is 1.74. The molecule has 0 saturated heterocycles. The molecule has 2 N–H and O–H groups in total. The maximum Gasteiger partial charge on any atom is 0.191 e. The van der Waals surface area contributed by atoms with E-state index in [1.165, 1.54) is 18.5 Å². The monoisotopic (exact) mass is 323 g/mol. The average Bonchev–Trinajstić information content (AvgIpc) is 3.24. The van der Waals surface area contributed by atoms with Gasteiger partial charge in [-0.05, 0) is 32.7 Å². The van der Waals surface area contributed by atoms with E-state index >= 15 is 0 Å². The van der Waals surface area contributed by atoms with E-state index in [-0.39, 0.29) is 0 Å². The largest absolute Gasteiger partial charge is 0.355 e. The quantitative estimate of drug-likeness (QED) is 0.598. The van der Waals surface area contributed by atoms with Gasteiger partial charge in [0.25, 0.3) is 0 Å². The van der Waals surface area contributed by atoms with E-state index < -0.39 is 0 Å². The molecular formula is C16H29N5S. The van der Waals surface area contributed by atoms with E-state index in [1.807, 2.05) is 7.05 Å². The number of hydrogen-bond acceptors (Lipinski definition) is 4. The summed E-state index contributed by atoms with van der Waals surface area (Å²) in [4.78, 5) is 11.4. The van der Waals surface area contributed by atoms with Crippen LogP contribution in [0.5, 0.6) is 0 Å². The third-order valence-electron chi connectivity index (χ3n) is 4.17. The van der Waals surface area contributed by atoms with Crippen LogP contribution in [0.25, 0.3) is 0 Å². The molecule has 1 heterocycles. The number of aliphatic imine (C=N–C) groups is 1. The van der Waals surface area contributed by atoms with Gasteiger partial charge >= 0.3 is 0 Å². The fourth-order valence-corrected chi connectivity index (χ4v) is 3.18. The molecule has 1 aromatic heterocycles. The van der Waals surface area contributed by atoms with Gasteiger partial charge in [0, 0.05) is 31.1 Å². The van der Waals surface area contributed by atoms with E-state index in [0.29, 0.717) is 12.0 Å². The molecule has 1 aliphatic rings. The summed E-state index contributed by atoms with van der Waals surface area (Å²) >= 11 is 1.71. The van der Waals surface area contributed by atoms with Crippen LogP contribution in [-0.2, 0) is 6.54 Å². The Morgan fingerprint density at radius 2 is 2.14 bits per heavy atom. The minimum atomic E-state index is 0.487. The van der Waals surface area contributed by atoms with Gasteiger partial charge in [0.15, 0.2) is 5.96 Å². The lowest BCUT2D eigenvalue weighted by atomic mass is 10.2. The summed E-state index contributed by atoms with van der Waals surface area (Å²) in [6.45, 7) is 8.23. The van der Waals surface area contributed by atoms with E-state index in [4.69, 9.17) is 0 Å². The number of nitrogens with one attached hydrogen (secondary N) is 2. The van der Waals surface area contributed by atoms with Crippen molar-refractivity contribution in [2.75, 3.05) is 20.6 Å². The maximum absolute atomic E-state index is 4.64. The summed E-state index contributed by atoms with van der Waals surface area (Å²) in [6.07, 6.45) is 2.69. The van der Waals surface area contributed by atoms with Gasteiger partial charge in [-0.3, -0.25) is 9.89 Å². The lowest BCUT2D eigenvalue weighted by Crippen LogP contribution is -2.45. The molecular weight excluding hydrogens is 294 g/mol. The minimum Gasteiger partial charge on any atom is -0.355 e. The molecule has 1 atom stereocenters. The number of thiazole rings is 1. The number of hydrogen-bond donors (Lipinski definition) is 2. The molecule has 6 heteroatoms. The van der Waals surface area contributed by atoms with Crippen molar-refractivity contribution in [3.63, 3.8) is 0 Å². The predicted octanol–water partition coefficient (Wildman–Crippen LogP) is 2.41. The first-order valence-corrected chi connectivity index (χ1v) is 9.00. The molecule has 0 amide bonds. The van der Waals surface area contributed by atoms with Crippen LogP contribution in [0.2, 0.25) is 0 Å². The van der Waals surface area contributed by atoms with Gasteiger partial charge in [-0.25, -0.2) is 4.98 Å². The topological polar surface area (TPSA) is 52.6 Å². The van der Waals surface area contributed by atoms with Crippen molar-refractivity contribution in [3.8, 4) is 0 Å². The average molecular weight is 324 g/mol. The molecule has 0 bridgehead atoms. The zero-order valence-electron chi connectivity index (χ0n) is 14.4. The van der Waals surface area contributed by atoms with Crippen LogP contribution in [0.1, 0.15) is 50.2 Å². The fraction of sp³-hybridized carbons (Fsp3) is 0.750. The Labute approximate surface area is 138 Å². The van der Waals surface area contributed by atoms with E-state index in [9.17, 15) is 0 Å². The third-order valence-corrected chi connectivity index (χ3v) is 5.04. The highest BCUT2D eigenvalue weighted by atomic mass is 32.1. The molecule has 1 aliphatic carbocycles. The summed E-state index contributed by atoms with van der Waals surface area (Å²) in [5, 5.41) is 10.0. The van der Waals surface area contributed by atoms with E-state index in [2.05, 4.69) is 58.7 Å². The van der Waals surface area contributed by atoms with Gasteiger partial charge < -0.3 is 10.6 Å². The Morgan fingerprint density at radius 3 is 2.68 bits per heavy atom. The second-order valence-corrected chi connectivity index (χ2v) is 7.32. The lowest BCUT2D eigenvalue weighted by molar-refractivity contribution is 0.247. The van der Waals surface area contributed by atoms with Crippen molar-refractivity contribution in [1.29, 1.82) is 0 Å². The number of nitrogens with zero attached hydrogens (tertiary/aromatic N) is 3. The molecule has 0 aliphatic heterocycles. The molecule has 2 rings (SSSR count). The highest BCUT2D eigenvalue weighted by molar-refractivity contribution is 7.09. The van der Waals surface area contributed by atoms with Crippen molar-refractivity contribution in [1.82, 2.24) is 20.5 Å². The first-order chi connectivity index (χ1) is 10.5. The Bertz CT molecular complexity index is 492. The minimum absolute atomic E-state index is 0.487. The molecule has 1 unspecified atom stereocenters. The first-order valence-electron chi connectivity index (χ1n) is 8.12. The molecule has 1 fully saturated rings. The summed E-state index contributed by atoms with van der Waals surface area (Å²) in [7, 11) is 4.02. The van der Waals surface area contributed by atoms with E-state index in [1.54, 1.807) is 11.3 Å². The number of rotatable bonds is 7. The van der Waals surface area contributed by atoms with Gasteiger partial charge in [0.2, 0.25) is 0 Å². The zero-order chi connectivity index (χ0) is 16.1. The van der Waals surface area contributed by atoms with Gasteiger partial charge in [0.05, 0.1) is 12.2 Å². The molecule has 1 saturated carbocycles. The first kappa shape index (κ1) is 17.2. The van der Waals surface area contributed by atoms with Crippen LogP contribution in [0.3, 0.4) is 0 Å². The smallest absolute Gasteiger partial charge is 0.191 e. The second kappa shape index (κ2) is 7.92. The summed E-state index contributed by atoms with van der Waals surface area (Å²) in [5.41, 5.74) is 1.17. The molecule has 0 aromatic carbocycles. The van der Waals surface area contributed by atoms with Crippen LogP contribution < -0.4 is 10.6 Å². The third kappa shape index (κ3) is 4.95. The summed E-state index contributed by atoms with van der Waals surface area (Å²) < 4.78 is 0. The predicted molar refractivity (Wildman–Crippen MR) is 94.7 cm³/mol. The van der Waals surface area contributed by atoms with Gasteiger partial charge in [-0.15, -0.1) is 11.3 Å². The lowest BCUT2D eigenvalue weighted by Gasteiger charge is -2.25. The maximum atomic E-state index is 4.64. The van der Waals surface area contributed by atoms with Crippen molar-refractivity contribution in [2.45, 2.75) is 58.2 Å². The Hall–Kier alpha value is -1.14. The van der Waals surface area contributed by atoms with Gasteiger partial charge in [-0.1, -0.05) is 13.8 Å². The molecule has 5 nitrogen and oxygen atoms in total. The number of guanidine groups is 1. The van der Waals surface area contributed by atoms with Crippen molar-refractivity contribution < 1.29 is 0 Å². The standard InChI is InChI=1S/C16H29N5S/c1-11(2)14-10-22-15(20-14)9-19-16(17-4)18-8-12(3)21(5)13-6-7-13/h10-13H,6-9H2,1-5H3,(H2,17,18,19). The number of aromatic nitrogens is 1. The molecule has 0 spiro atoms.